The Morgan fingerprint density at radius 3 is 2.95 bits per heavy atom. The molecule has 0 aliphatic heterocycles. The number of nitro groups is 1. The number of rotatable bonds is 3. The van der Waals surface area contributed by atoms with Crippen LogP contribution >= 0.6 is 15.9 Å². The van der Waals surface area contributed by atoms with Gasteiger partial charge in [0, 0.05) is 28.5 Å². The topological polar surface area (TPSA) is 73.8 Å². The Balaban J connectivity index is 2.14. The molecule has 7 heteroatoms. The van der Waals surface area contributed by atoms with E-state index in [2.05, 4.69) is 25.9 Å². The van der Waals surface area contributed by atoms with Crippen molar-refractivity contribution >= 4 is 32.7 Å². The van der Waals surface area contributed by atoms with Gasteiger partial charge in [-0.05, 0) is 23.1 Å². The maximum absolute atomic E-state index is 11.1. The molecule has 0 aliphatic rings. The molecule has 0 spiro atoms. The van der Waals surface area contributed by atoms with Crippen molar-refractivity contribution in [1.82, 2.24) is 14.5 Å². The number of halogens is 1. The van der Waals surface area contributed by atoms with Crippen LogP contribution < -0.4 is 0 Å². The second-order valence-electron chi connectivity index (χ2n) is 4.65. The lowest BCUT2D eigenvalue weighted by Crippen LogP contribution is -2.07. The summed E-state index contributed by atoms with van der Waals surface area (Å²) in [4.78, 5) is 19.1. The van der Waals surface area contributed by atoms with Gasteiger partial charge < -0.3 is 10.1 Å². The predicted molar refractivity (Wildman–Crippen MR) is 82.2 cm³/mol. The van der Waals surface area contributed by atoms with E-state index < -0.39 is 4.92 Å². The molecule has 0 fully saturated rings. The van der Waals surface area contributed by atoms with E-state index in [9.17, 15) is 10.1 Å². The van der Waals surface area contributed by atoms with E-state index in [1.165, 1.54) is 6.20 Å². The van der Waals surface area contributed by atoms with Gasteiger partial charge in [-0.2, -0.15) is 0 Å². The van der Waals surface area contributed by atoms with Gasteiger partial charge in [0.1, 0.15) is 12.7 Å². The molecular formula is C14H11BrN4O2. The van der Waals surface area contributed by atoms with Crippen molar-refractivity contribution < 1.29 is 4.92 Å². The van der Waals surface area contributed by atoms with Gasteiger partial charge in [-0.1, -0.05) is 22.0 Å². The van der Waals surface area contributed by atoms with Crippen molar-refractivity contribution in [2.45, 2.75) is 13.5 Å². The van der Waals surface area contributed by atoms with Crippen molar-refractivity contribution in [3.63, 3.8) is 0 Å². The highest BCUT2D eigenvalue weighted by Crippen LogP contribution is 2.25. The smallest absolute Gasteiger partial charge is 0.343 e. The van der Waals surface area contributed by atoms with Crippen molar-refractivity contribution in [3.8, 4) is 0 Å². The average Bonchev–Trinajstić information content (AvgIpc) is 2.80. The molecule has 1 aromatic carbocycles. The average molecular weight is 347 g/mol. The highest BCUT2D eigenvalue weighted by molar-refractivity contribution is 9.10. The zero-order valence-electron chi connectivity index (χ0n) is 11.2. The van der Waals surface area contributed by atoms with Gasteiger partial charge in [0.25, 0.3) is 0 Å². The molecule has 3 rings (SSSR count). The first-order valence-corrected chi connectivity index (χ1v) is 7.05. The van der Waals surface area contributed by atoms with Gasteiger partial charge >= 0.3 is 5.82 Å². The van der Waals surface area contributed by atoms with E-state index >= 15 is 0 Å². The molecular weight excluding hydrogens is 336 g/mol. The predicted octanol–water partition coefficient (Wildman–Crippen LogP) is 3.46. The summed E-state index contributed by atoms with van der Waals surface area (Å²) >= 11 is 3.47. The molecule has 6 nitrogen and oxygen atoms in total. The number of fused-ring (bicyclic) bond motifs is 1. The molecule has 0 atom stereocenters. The minimum Gasteiger partial charge on any atom is -0.358 e. The minimum absolute atomic E-state index is 0.0171. The number of nitrogens with zero attached hydrogens (tertiary/aromatic N) is 4. The summed E-state index contributed by atoms with van der Waals surface area (Å²) in [5.74, 6) is 0.585. The highest BCUT2D eigenvalue weighted by atomic mass is 79.9. The zero-order chi connectivity index (χ0) is 15.0. The molecule has 0 unspecified atom stereocenters. The van der Waals surface area contributed by atoms with Gasteiger partial charge in [0.2, 0.25) is 0 Å². The van der Waals surface area contributed by atoms with Crippen LogP contribution in [-0.4, -0.2) is 19.5 Å². The van der Waals surface area contributed by atoms with Gasteiger partial charge in [-0.3, -0.25) is 4.98 Å². The van der Waals surface area contributed by atoms with Gasteiger partial charge in [0.15, 0.2) is 5.82 Å². The summed E-state index contributed by atoms with van der Waals surface area (Å²) in [7, 11) is 0. The lowest BCUT2D eigenvalue weighted by Gasteiger charge is -2.07. The molecule has 0 saturated carbocycles. The van der Waals surface area contributed by atoms with Crippen molar-refractivity contribution in [1.29, 1.82) is 0 Å². The summed E-state index contributed by atoms with van der Waals surface area (Å²) in [6.45, 7) is 2.11. The molecule has 0 aliphatic carbocycles. The van der Waals surface area contributed by atoms with Crippen LogP contribution in [0.25, 0.3) is 10.9 Å². The van der Waals surface area contributed by atoms with Crippen LogP contribution in [0, 0.1) is 17.0 Å². The first-order valence-electron chi connectivity index (χ1n) is 6.26. The fourth-order valence-electron chi connectivity index (χ4n) is 2.32. The highest BCUT2D eigenvalue weighted by Gasteiger charge is 2.19. The van der Waals surface area contributed by atoms with Crippen LogP contribution in [0.4, 0.5) is 5.82 Å². The van der Waals surface area contributed by atoms with Crippen molar-refractivity contribution in [2.75, 3.05) is 0 Å². The third-order valence-electron chi connectivity index (χ3n) is 3.30. The Bertz CT molecular complexity index is 844. The summed E-state index contributed by atoms with van der Waals surface area (Å²) in [6, 6.07) is 7.73. The third kappa shape index (κ3) is 2.52. The molecule has 0 N–H and O–H groups in total. The normalized spacial score (nSPS) is 11.0. The van der Waals surface area contributed by atoms with E-state index in [1.54, 1.807) is 17.7 Å². The maximum Gasteiger partial charge on any atom is 0.343 e. The van der Waals surface area contributed by atoms with Gasteiger partial charge in [-0.25, -0.2) is 9.55 Å². The quantitative estimate of drug-likeness (QED) is 0.537. The van der Waals surface area contributed by atoms with E-state index in [-0.39, 0.29) is 5.82 Å². The Labute approximate surface area is 128 Å². The number of hydrogen-bond donors (Lipinski definition) is 0. The summed E-state index contributed by atoms with van der Waals surface area (Å²) in [5, 5.41) is 12.1. The van der Waals surface area contributed by atoms with Gasteiger partial charge in [-0.15, -0.1) is 0 Å². The third-order valence-corrected chi connectivity index (χ3v) is 3.76. The Morgan fingerprint density at radius 1 is 1.38 bits per heavy atom. The number of imidazole rings is 1. The fraction of sp³-hybridized carbons (Fsp3) is 0.143. The lowest BCUT2D eigenvalue weighted by molar-refractivity contribution is -0.392. The summed E-state index contributed by atoms with van der Waals surface area (Å²) < 4.78 is 2.49. The molecule has 2 aromatic heterocycles. The molecule has 3 aromatic rings. The number of aromatic nitrogens is 3. The lowest BCUT2D eigenvalue weighted by atomic mass is 10.1. The SMILES string of the molecule is Cc1ncc([N+](=O)[O-])n1Cc1cc(Br)cc2cccnc12. The summed E-state index contributed by atoms with van der Waals surface area (Å²) in [5.41, 5.74) is 1.74. The molecule has 106 valence electrons. The largest absolute Gasteiger partial charge is 0.358 e. The first kappa shape index (κ1) is 13.7. The molecule has 21 heavy (non-hydrogen) atoms. The van der Waals surface area contributed by atoms with E-state index in [0.29, 0.717) is 12.4 Å². The molecule has 2 heterocycles. The monoisotopic (exact) mass is 346 g/mol. The second kappa shape index (κ2) is 5.25. The van der Waals surface area contributed by atoms with E-state index in [0.717, 1.165) is 20.9 Å². The van der Waals surface area contributed by atoms with Crippen LogP contribution in [0.3, 0.4) is 0 Å². The van der Waals surface area contributed by atoms with Crippen LogP contribution in [0.15, 0.2) is 41.1 Å². The van der Waals surface area contributed by atoms with Crippen molar-refractivity contribution in [3.05, 3.63) is 62.6 Å². The maximum atomic E-state index is 11.1. The molecule has 0 bridgehead atoms. The summed E-state index contributed by atoms with van der Waals surface area (Å²) in [6.07, 6.45) is 3.00. The fourth-order valence-corrected chi connectivity index (χ4v) is 2.84. The Morgan fingerprint density at radius 2 is 2.19 bits per heavy atom. The molecule has 0 saturated heterocycles. The number of benzene rings is 1. The standard InChI is InChI=1S/C14H11BrN4O2/c1-9-17-7-13(19(20)21)18(9)8-11-6-12(15)5-10-3-2-4-16-14(10)11/h2-7H,8H2,1H3. The Hall–Kier alpha value is -2.28. The number of pyridine rings is 1. The zero-order valence-corrected chi connectivity index (χ0v) is 12.7. The van der Waals surface area contributed by atoms with Crippen LogP contribution in [0.5, 0.6) is 0 Å². The number of hydrogen-bond acceptors (Lipinski definition) is 4. The second-order valence-corrected chi connectivity index (χ2v) is 5.56. The van der Waals surface area contributed by atoms with Gasteiger partial charge in [0.05, 0.1) is 5.52 Å². The van der Waals surface area contributed by atoms with E-state index in [1.807, 2.05) is 24.3 Å². The molecule has 0 radical (unpaired) electrons. The van der Waals surface area contributed by atoms with E-state index in [4.69, 9.17) is 0 Å². The Kier molecular flexibility index (Phi) is 3.42. The first-order chi connectivity index (χ1) is 10.1. The van der Waals surface area contributed by atoms with Crippen LogP contribution in [0.1, 0.15) is 11.4 Å². The molecule has 0 amide bonds. The number of aryl methyl sites for hydroxylation is 1. The minimum atomic E-state index is -0.423. The van der Waals surface area contributed by atoms with Crippen LogP contribution in [0.2, 0.25) is 0 Å². The van der Waals surface area contributed by atoms with Crippen LogP contribution in [-0.2, 0) is 6.54 Å². The van der Waals surface area contributed by atoms with Crippen molar-refractivity contribution in [2.24, 2.45) is 0 Å².